The predicted octanol–water partition coefficient (Wildman–Crippen LogP) is 13.0. The number of carbonyl (C=O) groups excluding carboxylic acids is 1. The maximum absolute atomic E-state index is 13.3. The Labute approximate surface area is 509 Å². The lowest BCUT2D eigenvalue weighted by Crippen LogP contribution is -2.65. The standard InChI is InChI=1S/C70H121NO13/c1-3-5-7-9-11-13-15-17-19-21-23-24-25-26-27-28-29-30-31-32-33-34-36-38-40-42-44-46-48-50-52-54-62(75)71-58(59(74)53-51-49-47-45-43-41-39-37-35-22-20-18-16-14-12-10-8-6-4-2)57-81-69-67(80)65(78)68(61(56-73)83-69)84-70-66(79)64(77)63(76)60(55-72)82-70/h5,7,11,13,17,19,23-24,26-27,29-30,43,45,51,53,58-61,63-70,72-74,76-80H,3-4,6,8-10,12,14-16,18,20-22,25,28,31-42,44,46-50,52,54-57H2,1-2H3,(H,71,75)/b7-5-,13-11-,19-17-,24-23-,27-26-,30-29-,45-43+,53-51+. The maximum atomic E-state index is 13.3. The lowest BCUT2D eigenvalue weighted by Gasteiger charge is -2.46. The summed E-state index contributed by atoms with van der Waals surface area (Å²) in [6.45, 7) is 2.67. The Morgan fingerprint density at radius 3 is 1.31 bits per heavy atom. The summed E-state index contributed by atoms with van der Waals surface area (Å²) >= 11 is 0. The monoisotopic (exact) mass is 1180 g/mol. The van der Waals surface area contributed by atoms with E-state index in [2.05, 4.69) is 104 Å². The molecule has 2 fully saturated rings. The van der Waals surface area contributed by atoms with Crippen LogP contribution in [0.5, 0.6) is 0 Å². The Morgan fingerprint density at radius 2 is 0.833 bits per heavy atom. The average Bonchev–Trinajstić information content (AvgIpc) is 3.18. The summed E-state index contributed by atoms with van der Waals surface area (Å²) in [6.07, 6.45) is 58.8. The Hall–Kier alpha value is -3.09. The number of unbranched alkanes of at least 4 members (excludes halogenated alkanes) is 26. The SMILES string of the molecule is CC/C=C\C/C=C\C/C=C\C/C=C\C/C=C\C/C=C\CCCCCCCCCCCCCCC(=O)NC(COC1OC(CO)C(OC2OC(CO)C(O)C(O)C2O)C(O)C1O)C(O)/C=C/CC/C=C/CCCCCCCCCCCCCCC. The van der Waals surface area contributed by atoms with Gasteiger partial charge in [-0.15, -0.1) is 0 Å². The number of amides is 1. The van der Waals surface area contributed by atoms with Crippen molar-refractivity contribution in [3.8, 4) is 0 Å². The zero-order valence-corrected chi connectivity index (χ0v) is 52.4. The van der Waals surface area contributed by atoms with Crippen LogP contribution in [0.2, 0.25) is 0 Å². The molecule has 2 saturated heterocycles. The number of allylic oxidation sites excluding steroid dienone is 15. The van der Waals surface area contributed by atoms with Crippen LogP contribution in [0.1, 0.15) is 245 Å². The third kappa shape index (κ3) is 38.2. The van der Waals surface area contributed by atoms with Crippen LogP contribution in [0.25, 0.3) is 0 Å². The van der Waals surface area contributed by atoms with E-state index in [-0.39, 0.29) is 18.9 Å². The Bertz CT molecular complexity index is 1780. The van der Waals surface area contributed by atoms with Gasteiger partial charge in [-0.1, -0.05) is 252 Å². The van der Waals surface area contributed by atoms with Gasteiger partial charge >= 0.3 is 0 Å². The van der Waals surface area contributed by atoms with Gasteiger partial charge in [-0.2, -0.15) is 0 Å². The van der Waals surface area contributed by atoms with Crippen molar-refractivity contribution in [1.82, 2.24) is 5.32 Å². The molecule has 484 valence electrons. The first kappa shape index (κ1) is 77.0. The molecule has 84 heavy (non-hydrogen) atoms. The zero-order valence-electron chi connectivity index (χ0n) is 52.4. The number of aliphatic hydroxyl groups is 8. The van der Waals surface area contributed by atoms with E-state index >= 15 is 0 Å². The molecule has 0 saturated carbocycles. The van der Waals surface area contributed by atoms with E-state index in [4.69, 9.17) is 18.9 Å². The van der Waals surface area contributed by atoms with Gasteiger partial charge in [0.15, 0.2) is 12.6 Å². The minimum atomic E-state index is -1.80. The van der Waals surface area contributed by atoms with Gasteiger partial charge in [0.2, 0.25) is 5.91 Å². The quantitative estimate of drug-likeness (QED) is 0.0204. The van der Waals surface area contributed by atoms with E-state index in [1.807, 2.05) is 6.08 Å². The second kappa shape index (κ2) is 54.1. The van der Waals surface area contributed by atoms with Gasteiger partial charge in [0.25, 0.3) is 0 Å². The van der Waals surface area contributed by atoms with Crippen LogP contribution >= 0.6 is 0 Å². The fraction of sp³-hybridized carbons (Fsp3) is 0.757. The molecular formula is C70H121NO13. The molecule has 0 aromatic heterocycles. The molecule has 0 aromatic rings. The molecule has 0 aromatic carbocycles. The van der Waals surface area contributed by atoms with E-state index < -0.39 is 86.8 Å². The van der Waals surface area contributed by atoms with Crippen LogP contribution in [0.3, 0.4) is 0 Å². The summed E-state index contributed by atoms with van der Waals surface area (Å²) in [5, 5.41) is 87.3. The van der Waals surface area contributed by atoms with Crippen LogP contribution in [0.4, 0.5) is 0 Å². The summed E-state index contributed by atoms with van der Waals surface area (Å²) < 4.78 is 22.8. The van der Waals surface area contributed by atoms with Crippen molar-refractivity contribution in [1.29, 1.82) is 0 Å². The molecule has 2 aliphatic rings. The van der Waals surface area contributed by atoms with Gasteiger partial charge in [0.05, 0.1) is 32.0 Å². The molecule has 9 N–H and O–H groups in total. The molecule has 0 aliphatic carbocycles. The molecule has 14 nitrogen and oxygen atoms in total. The van der Waals surface area contributed by atoms with Crippen molar-refractivity contribution >= 4 is 5.91 Å². The Kier molecular flexibility index (Phi) is 49.6. The van der Waals surface area contributed by atoms with E-state index in [1.54, 1.807) is 6.08 Å². The van der Waals surface area contributed by atoms with Crippen molar-refractivity contribution in [3.05, 3.63) is 97.2 Å². The van der Waals surface area contributed by atoms with E-state index in [0.717, 1.165) is 77.0 Å². The van der Waals surface area contributed by atoms with Crippen molar-refractivity contribution in [2.24, 2.45) is 0 Å². The van der Waals surface area contributed by atoms with Gasteiger partial charge < -0.3 is 65.1 Å². The molecule has 14 heteroatoms. The van der Waals surface area contributed by atoms with E-state index in [0.29, 0.717) is 12.8 Å². The number of carbonyl (C=O) groups is 1. The Balaban J connectivity index is 1.70. The van der Waals surface area contributed by atoms with Crippen molar-refractivity contribution in [3.63, 3.8) is 0 Å². The van der Waals surface area contributed by atoms with Crippen LogP contribution in [0.15, 0.2) is 97.2 Å². The maximum Gasteiger partial charge on any atom is 0.220 e. The molecule has 0 spiro atoms. The summed E-state index contributed by atoms with van der Waals surface area (Å²) in [5.41, 5.74) is 0. The minimum Gasteiger partial charge on any atom is -0.394 e. The van der Waals surface area contributed by atoms with Crippen molar-refractivity contribution in [2.75, 3.05) is 19.8 Å². The molecule has 12 unspecified atom stereocenters. The lowest BCUT2D eigenvalue weighted by molar-refractivity contribution is -0.359. The first-order valence-electron chi connectivity index (χ1n) is 33.5. The molecule has 0 bridgehead atoms. The average molecular weight is 1180 g/mol. The summed E-state index contributed by atoms with van der Waals surface area (Å²) in [4.78, 5) is 13.3. The van der Waals surface area contributed by atoms with E-state index in [9.17, 15) is 45.6 Å². The number of hydrogen-bond donors (Lipinski definition) is 9. The highest BCUT2D eigenvalue weighted by Crippen LogP contribution is 2.30. The smallest absolute Gasteiger partial charge is 0.220 e. The largest absolute Gasteiger partial charge is 0.394 e. The third-order valence-corrected chi connectivity index (χ3v) is 15.8. The van der Waals surface area contributed by atoms with Crippen LogP contribution < -0.4 is 5.32 Å². The van der Waals surface area contributed by atoms with Gasteiger partial charge in [-0.05, 0) is 83.5 Å². The third-order valence-electron chi connectivity index (χ3n) is 15.8. The topological polar surface area (TPSA) is 228 Å². The summed E-state index contributed by atoms with van der Waals surface area (Å²) in [6, 6.07) is -0.939. The van der Waals surface area contributed by atoms with Crippen LogP contribution in [-0.4, -0.2) is 140 Å². The summed E-state index contributed by atoms with van der Waals surface area (Å²) in [7, 11) is 0. The van der Waals surface area contributed by atoms with Gasteiger partial charge in [-0.25, -0.2) is 0 Å². The molecule has 2 heterocycles. The number of hydrogen-bond acceptors (Lipinski definition) is 13. The van der Waals surface area contributed by atoms with Crippen LogP contribution in [0, 0.1) is 0 Å². The predicted molar refractivity (Wildman–Crippen MR) is 341 cm³/mol. The highest BCUT2D eigenvalue weighted by atomic mass is 16.7. The molecular weight excluding hydrogens is 1060 g/mol. The molecule has 2 rings (SSSR count). The van der Waals surface area contributed by atoms with E-state index in [1.165, 1.54) is 135 Å². The normalized spacial score (nSPS) is 24.3. The van der Waals surface area contributed by atoms with Crippen molar-refractivity contribution < 1.29 is 64.6 Å². The Morgan fingerprint density at radius 1 is 0.440 bits per heavy atom. The van der Waals surface area contributed by atoms with Gasteiger partial charge in [-0.3, -0.25) is 4.79 Å². The first-order chi connectivity index (χ1) is 41.1. The fourth-order valence-electron chi connectivity index (χ4n) is 10.4. The molecule has 1 amide bonds. The van der Waals surface area contributed by atoms with Gasteiger partial charge in [0.1, 0.15) is 48.8 Å². The molecule has 2 aliphatic heterocycles. The lowest BCUT2D eigenvalue weighted by atomic mass is 9.97. The fourth-order valence-corrected chi connectivity index (χ4v) is 10.4. The number of nitrogens with one attached hydrogen (secondary N) is 1. The summed E-state index contributed by atoms with van der Waals surface area (Å²) in [5.74, 6) is -0.254. The number of ether oxygens (including phenoxy) is 4. The number of rotatable bonds is 53. The highest BCUT2D eigenvalue weighted by molar-refractivity contribution is 5.76. The highest BCUT2D eigenvalue weighted by Gasteiger charge is 2.51. The van der Waals surface area contributed by atoms with Gasteiger partial charge in [0, 0.05) is 6.42 Å². The van der Waals surface area contributed by atoms with Crippen LogP contribution in [-0.2, 0) is 23.7 Å². The second-order valence-electron chi connectivity index (χ2n) is 23.2. The first-order valence-corrected chi connectivity index (χ1v) is 33.5. The minimum absolute atomic E-state index is 0.254. The zero-order chi connectivity index (χ0) is 60.9. The second-order valence-corrected chi connectivity index (χ2v) is 23.2. The van der Waals surface area contributed by atoms with Crippen molar-refractivity contribution in [2.45, 2.75) is 319 Å². The molecule has 12 atom stereocenters. The number of aliphatic hydroxyl groups excluding tert-OH is 8. The molecule has 0 radical (unpaired) electrons.